The standard InChI is InChI=1S/C12H13F3N2S2/c1-2-7-3-4-10(19-7)11(17-16)8-5-18-6-9(8)12(13,14)15/h3-6,11,17H,2,16H2,1H3. The minimum atomic E-state index is -4.35. The number of hydrogen-bond donors (Lipinski definition) is 2. The zero-order valence-corrected chi connectivity index (χ0v) is 11.8. The second-order valence-corrected chi connectivity index (χ2v) is 5.94. The Morgan fingerprint density at radius 1 is 1.32 bits per heavy atom. The Kier molecular flexibility index (Phi) is 4.29. The summed E-state index contributed by atoms with van der Waals surface area (Å²) in [5.41, 5.74) is 2.05. The molecule has 0 aromatic carbocycles. The van der Waals surface area contributed by atoms with Crippen LogP contribution < -0.4 is 11.3 Å². The van der Waals surface area contributed by atoms with Gasteiger partial charge in [-0.05, 0) is 29.5 Å². The van der Waals surface area contributed by atoms with Gasteiger partial charge in [-0.2, -0.15) is 24.5 Å². The maximum absolute atomic E-state index is 12.9. The number of nitrogens with two attached hydrogens (primary N) is 1. The van der Waals surface area contributed by atoms with E-state index in [9.17, 15) is 13.2 Å². The van der Waals surface area contributed by atoms with Crippen LogP contribution in [0, 0.1) is 0 Å². The van der Waals surface area contributed by atoms with Crippen molar-refractivity contribution in [2.24, 2.45) is 5.84 Å². The predicted octanol–water partition coefficient (Wildman–Crippen LogP) is 3.94. The Hall–Kier alpha value is -0.890. The molecule has 0 aliphatic rings. The van der Waals surface area contributed by atoms with Gasteiger partial charge in [0.1, 0.15) is 0 Å². The van der Waals surface area contributed by atoms with E-state index < -0.39 is 17.8 Å². The second-order valence-electron chi connectivity index (χ2n) is 4.00. The molecule has 0 radical (unpaired) electrons. The SMILES string of the molecule is CCc1ccc(C(NN)c2cscc2C(F)(F)F)s1. The summed E-state index contributed by atoms with van der Waals surface area (Å²) < 4.78 is 38.7. The number of hydrogen-bond acceptors (Lipinski definition) is 4. The van der Waals surface area contributed by atoms with Crippen LogP contribution in [0.15, 0.2) is 22.9 Å². The topological polar surface area (TPSA) is 38.0 Å². The van der Waals surface area contributed by atoms with E-state index in [4.69, 9.17) is 5.84 Å². The summed E-state index contributed by atoms with van der Waals surface area (Å²) in [6.45, 7) is 2.01. The van der Waals surface area contributed by atoms with Gasteiger partial charge in [0.15, 0.2) is 0 Å². The lowest BCUT2D eigenvalue weighted by molar-refractivity contribution is -0.138. The van der Waals surface area contributed by atoms with Gasteiger partial charge in [0.2, 0.25) is 0 Å². The number of thiophene rings is 2. The van der Waals surface area contributed by atoms with Crippen molar-refractivity contribution in [2.75, 3.05) is 0 Å². The highest BCUT2D eigenvalue weighted by Gasteiger charge is 2.36. The van der Waals surface area contributed by atoms with Gasteiger partial charge in [-0.15, -0.1) is 11.3 Å². The molecule has 3 N–H and O–H groups in total. The molecule has 2 rings (SSSR count). The van der Waals surface area contributed by atoms with Gasteiger partial charge in [0.05, 0.1) is 11.6 Å². The number of rotatable bonds is 4. The van der Waals surface area contributed by atoms with E-state index in [1.165, 1.54) is 16.7 Å². The highest BCUT2D eigenvalue weighted by atomic mass is 32.1. The van der Waals surface area contributed by atoms with Crippen molar-refractivity contribution in [3.05, 3.63) is 43.8 Å². The summed E-state index contributed by atoms with van der Waals surface area (Å²) >= 11 is 2.51. The first kappa shape index (κ1) is 14.5. The maximum Gasteiger partial charge on any atom is 0.417 e. The summed E-state index contributed by atoms with van der Waals surface area (Å²) in [5.74, 6) is 5.45. The smallest absolute Gasteiger partial charge is 0.271 e. The fourth-order valence-electron chi connectivity index (χ4n) is 1.83. The fourth-order valence-corrected chi connectivity index (χ4v) is 3.74. The van der Waals surface area contributed by atoms with Crippen LogP contribution in [0.2, 0.25) is 0 Å². The number of alkyl halides is 3. The normalized spacial score (nSPS) is 13.7. The van der Waals surface area contributed by atoms with Crippen molar-refractivity contribution in [2.45, 2.75) is 25.6 Å². The predicted molar refractivity (Wildman–Crippen MR) is 72.2 cm³/mol. The lowest BCUT2D eigenvalue weighted by Crippen LogP contribution is -2.29. The molecule has 0 spiro atoms. The first-order chi connectivity index (χ1) is 8.97. The van der Waals surface area contributed by atoms with Gasteiger partial charge in [0, 0.05) is 15.1 Å². The first-order valence-corrected chi connectivity index (χ1v) is 7.41. The fraction of sp³-hybridized carbons (Fsp3) is 0.333. The van der Waals surface area contributed by atoms with Crippen LogP contribution >= 0.6 is 22.7 Å². The molecule has 1 atom stereocenters. The van der Waals surface area contributed by atoms with E-state index in [0.29, 0.717) is 0 Å². The molecule has 19 heavy (non-hydrogen) atoms. The van der Waals surface area contributed by atoms with Crippen molar-refractivity contribution in [1.82, 2.24) is 5.43 Å². The lowest BCUT2D eigenvalue weighted by atomic mass is 10.0. The molecule has 1 unspecified atom stereocenters. The van der Waals surface area contributed by atoms with Gasteiger partial charge < -0.3 is 0 Å². The van der Waals surface area contributed by atoms with Crippen LogP contribution in [0.3, 0.4) is 0 Å². The Morgan fingerprint density at radius 3 is 2.58 bits per heavy atom. The van der Waals surface area contributed by atoms with E-state index in [0.717, 1.165) is 32.9 Å². The summed E-state index contributed by atoms with van der Waals surface area (Å²) in [7, 11) is 0. The third-order valence-electron chi connectivity index (χ3n) is 2.79. The number of halogens is 3. The highest BCUT2D eigenvalue weighted by molar-refractivity contribution is 7.12. The van der Waals surface area contributed by atoms with E-state index in [2.05, 4.69) is 5.43 Å². The molecule has 2 heterocycles. The maximum atomic E-state index is 12.9. The van der Waals surface area contributed by atoms with Crippen molar-refractivity contribution in [3.63, 3.8) is 0 Å². The zero-order chi connectivity index (χ0) is 14.0. The summed E-state index contributed by atoms with van der Waals surface area (Å²) in [6.07, 6.45) is -3.49. The summed E-state index contributed by atoms with van der Waals surface area (Å²) in [5, 5.41) is 2.62. The van der Waals surface area contributed by atoms with Crippen molar-refractivity contribution in [3.8, 4) is 0 Å². The van der Waals surface area contributed by atoms with Gasteiger partial charge in [-0.3, -0.25) is 5.84 Å². The van der Waals surface area contributed by atoms with Crippen LogP contribution in [-0.4, -0.2) is 0 Å². The van der Waals surface area contributed by atoms with Crippen LogP contribution in [0.1, 0.15) is 33.8 Å². The average Bonchev–Trinajstić information content (AvgIpc) is 2.97. The molecule has 0 saturated heterocycles. The van der Waals surface area contributed by atoms with Crippen molar-refractivity contribution in [1.29, 1.82) is 0 Å². The largest absolute Gasteiger partial charge is 0.417 e. The Bertz CT molecular complexity index is 545. The third-order valence-corrected chi connectivity index (χ3v) is 4.85. The number of nitrogens with one attached hydrogen (secondary N) is 1. The molecule has 0 amide bonds. The monoisotopic (exact) mass is 306 g/mol. The first-order valence-electron chi connectivity index (χ1n) is 5.65. The van der Waals surface area contributed by atoms with Crippen LogP contribution in [0.5, 0.6) is 0 Å². The molecule has 2 nitrogen and oxygen atoms in total. The van der Waals surface area contributed by atoms with E-state index >= 15 is 0 Å². The Labute approximate surface area is 117 Å². The zero-order valence-electron chi connectivity index (χ0n) is 10.1. The average molecular weight is 306 g/mol. The van der Waals surface area contributed by atoms with E-state index in [1.807, 2.05) is 19.1 Å². The second kappa shape index (κ2) is 5.62. The van der Waals surface area contributed by atoms with E-state index in [1.54, 1.807) is 0 Å². The Balaban J connectivity index is 2.40. The highest BCUT2D eigenvalue weighted by Crippen LogP contribution is 2.39. The molecule has 2 aromatic heterocycles. The van der Waals surface area contributed by atoms with Crippen molar-refractivity contribution >= 4 is 22.7 Å². The number of hydrazine groups is 1. The Morgan fingerprint density at radius 2 is 2.05 bits per heavy atom. The minimum absolute atomic E-state index is 0.185. The van der Waals surface area contributed by atoms with Gasteiger partial charge in [-0.25, -0.2) is 5.43 Å². The molecule has 104 valence electrons. The molecule has 0 aliphatic carbocycles. The lowest BCUT2D eigenvalue weighted by Gasteiger charge is -2.16. The molecule has 2 aromatic rings. The minimum Gasteiger partial charge on any atom is -0.271 e. The van der Waals surface area contributed by atoms with Crippen LogP contribution in [0.25, 0.3) is 0 Å². The van der Waals surface area contributed by atoms with Gasteiger partial charge >= 0.3 is 6.18 Å². The third kappa shape index (κ3) is 3.00. The van der Waals surface area contributed by atoms with Crippen molar-refractivity contribution < 1.29 is 13.2 Å². The van der Waals surface area contributed by atoms with Gasteiger partial charge in [-0.1, -0.05) is 6.92 Å². The van der Waals surface area contributed by atoms with Crippen LogP contribution in [0.4, 0.5) is 13.2 Å². The number of aryl methyl sites for hydroxylation is 1. The molecule has 0 aliphatic heterocycles. The molecule has 7 heteroatoms. The molecular weight excluding hydrogens is 293 g/mol. The van der Waals surface area contributed by atoms with E-state index in [-0.39, 0.29) is 5.56 Å². The molecule has 0 saturated carbocycles. The summed E-state index contributed by atoms with van der Waals surface area (Å²) in [4.78, 5) is 1.92. The quantitative estimate of drug-likeness (QED) is 0.663. The molecule has 0 bridgehead atoms. The molecule has 0 fully saturated rings. The van der Waals surface area contributed by atoms with Gasteiger partial charge in [0.25, 0.3) is 0 Å². The van der Waals surface area contributed by atoms with Crippen LogP contribution in [-0.2, 0) is 12.6 Å². The molecular formula is C12H13F3N2S2. The summed E-state index contributed by atoms with van der Waals surface area (Å²) in [6, 6.07) is 3.13.